The third-order valence-corrected chi connectivity index (χ3v) is 3.94. The van der Waals surface area contributed by atoms with Crippen LogP contribution >= 0.6 is 0 Å². The maximum atomic E-state index is 9.64. The molecule has 0 radical (unpaired) electrons. The van der Waals surface area contributed by atoms with Crippen molar-refractivity contribution in [2.45, 2.75) is 69.7 Å². The van der Waals surface area contributed by atoms with E-state index in [0.29, 0.717) is 12.6 Å². The summed E-state index contributed by atoms with van der Waals surface area (Å²) in [7, 11) is 0. The number of aliphatic hydroxyl groups is 1. The molecule has 2 rings (SSSR count). The van der Waals surface area contributed by atoms with Gasteiger partial charge in [-0.25, -0.2) is 0 Å². The van der Waals surface area contributed by atoms with Crippen molar-refractivity contribution in [2.75, 3.05) is 19.8 Å². The summed E-state index contributed by atoms with van der Waals surface area (Å²) in [5.74, 6) is 0. The summed E-state index contributed by atoms with van der Waals surface area (Å²) < 4.78 is 11.4. The van der Waals surface area contributed by atoms with Crippen molar-refractivity contribution in [3.63, 3.8) is 0 Å². The SMILES string of the molecule is CCOCC(C)OC1CCC(CO)(NC2CC2)C1. The molecule has 106 valence electrons. The van der Waals surface area contributed by atoms with Gasteiger partial charge in [0.15, 0.2) is 0 Å². The number of hydrogen-bond acceptors (Lipinski definition) is 4. The highest BCUT2D eigenvalue weighted by Crippen LogP contribution is 2.35. The van der Waals surface area contributed by atoms with Crippen LogP contribution in [0.2, 0.25) is 0 Å². The minimum Gasteiger partial charge on any atom is -0.394 e. The van der Waals surface area contributed by atoms with Crippen molar-refractivity contribution in [1.29, 1.82) is 0 Å². The minimum atomic E-state index is -0.0861. The second-order valence-corrected chi connectivity index (χ2v) is 5.83. The number of nitrogens with one attached hydrogen (secondary N) is 1. The Morgan fingerprint density at radius 1 is 1.39 bits per heavy atom. The minimum absolute atomic E-state index is 0.0861. The summed E-state index contributed by atoms with van der Waals surface area (Å²) in [6.45, 7) is 5.68. The van der Waals surface area contributed by atoms with E-state index in [1.165, 1.54) is 12.8 Å². The predicted octanol–water partition coefficient (Wildman–Crippen LogP) is 1.46. The Hall–Kier alpha value is -0.160. The summed E-state index contributed by atoms with van der Waals surface area (Å²) >= 11 is 0. The first-order valence-electron chi connectivity index (χ1n) is 7.29. The van der Waals surface area contributed by atoms with Crippen molar-refractivity contribution in [3.8, 4) is 0 Å². The molecule has 18 heavy (non-hydrogen) atoms. The molecular weight excluding hydrogens is 230 g/mol. The smallest absolute Gasteiger partial charge is 0.0784 e. The van der Waals surface area contributed by atoms with E-state index in [1.54, 1.807) is 0 Å². The van der Waals surface area contributed by atoms with Crippen molar-refractivity contribution in [2.24, 2.45) is 0 Å². The Labute approximate surface area is 110 Å². The van der Waals surface area contributed by atoms with E-state index in [-0.39, 0.29) is 24.4 Å². The zero-order chi connectivity index (χ0) is 13.0. The highest BCUT2D eigenvalue weighted by atomic mass is 16.5. The molecule has 0 aromatic rings. The van der Waals surface area contributed by atoms with E-state index >= 15 is 0 Å². The maximum Gasteiger partial charge on any atom is 0.0784 e. The van der Waals surface area contributed by atoms with E-state index in [4.69, 9.17) is 9.47 Å². The van der Waals surface area contributed by atoms with Crippen molar-refractivity contribution < 1.29 is 14.6 Å². The molecule has 0 aromatic carbocycles. The Morgan fingerprint density at radius 3 is 2.78 bits per heavy atom. The molecule has 3 unspecified atom stereocenters. The van der Waals surface area contributed by atoms with E-state index in [9.17, 15) is 5.11 Å². The molecule has 4 heteroatoms. The van der Waals surface area contributed by atoms with Gasteiger partial charge in [0.1, 0.15) is 0 Å². The van der Waals surface area contributed by atoms with E-state index in [2.05, 4.69) is 12.2 Å². The monoisotopic (exact) mass is 257 g/mol. The third-order valence-electron chi connectivity index (χ3n) is 3.94. The van der Waals surface area contributed by atoms with Crippen molar-refractivity contribution >= 4 is 0 Å². The van der Waals surface area contributed by atoms with E-state index < -0.39 is 0 Å². The summed E-state index contributed by atoms with van der Waals surface area (Å²) in [4.78, 5) is 0. The van der Waals surface area contributed by atoms with Crippen LogP contribution in [0.1, 0.15) is 46.0 Å². The Bertz CT molecular complexity index is 257. The van der Waals surface area contributed by atoms with E-state index in [1.807, 2.05) is 6.92 Å². The first-order chi connectivity index (χ1) is 8.67. The molecule has 0 amide bonds. The lowest BCUT2D eigenvalue weighted by molar-refractivity contribution is -0.0469. The summed E-state index contributed by atoms with van der Waals surface area (Å²) in [5, 5.41) is 13.2. The van der Waals surface area contributed by atoms with Gasteiger partial charge < -0.3 is 19.9 Å². The van der Waals surface area contributed by atoms with Gasteiger partial charge in [-0.2, -0.15) is 0 Å². The lowest BCUT2D eigenvalue weighted by atomic mass is 9.98. The molecule has 2 fully saturated rings. The van der Waals surface area contributed by atoms with Gasteiger partial charge in [0, 0.05) is 18.2 Å². The standard InChI is InChI=1S/C14H27NO3/c1-3-17-9-11(2)18-13-6-7-14(8-13,10-16)15-12-4-5-12/h11-13,15-16H,3-10H2,1-2H3. The lowest BCUT2D eigenvalue weighted by Crippen LogP contribution is -2.48. The second kappa shape index (κ2) is 6.33. The van der Waals surface area contributed by atoms with Crippen LogP contribution in [-0.2, 0) is 9.47 Å². The first kappa shape index (κ1) is 14.3. The van der Waals surface area contributed by atoms with Crippen LogP contribution in [0.3, 0.4) is 0 Å². The van der Waals surface area contributed by atoms with Crippen LogP contribution in [0.5, 0.6) is 0 Å². The molecule has 2 aliphatic rings. The highest BCUT2D eigenvalue weighted by molar-refractivity contribution is 5.01. The fraction of sp³-hybridized carbons (Fsp3) is 1.00. The molecule has 0 aromatic heterocycles. The Balaban J connectivity index is 1.75. The Kier molecular flexibility index (Phi) is 5.01. The molecule has 2 aliphatic carbocycles. The second-order valence-electron chi connectivity index (χ2n) is 5.83. The number of aliphatic hydroxyl groups excluding tert-OH is 1. The van der Waals surface area contributed by atoms with Crippen LogP contribution in [-0.4, -0.2) is 48.7 Å². The molecule has 4 nitrogen and oxygen atoms in total. The van der Waals surface area contributed by atoms with Gasteiger partial charge in [0.05, 0.1) is 25.4 Å². The maximum absolute atomic E-state index is 9.64. The quantitative estimate of drug-likeness (QED) is 0.691. The molecule has 2 saturated carbocycles. The number of hydrogen-bond donors (Lipinski definition) is 2. The average molecular weight is 257 g/mol. The van der Waals surface area contributed by atoms with Crippen LogP contribution in [0, 0.1) is 0 Å². The number of ether oxygens (including phenoxy) is 2. The van der Waals surface area contributed by atoms with Crippen LogP contribution in [0.25, 0.3) is 0 Å². The van der Waals surface area contributed by atoms with Gasteiger partial charge >= 0.3 is 0 Å². The summed E-state index contributed by atoms with van der Waals surface area (Å²) in [5.41, 5.74) is -0.0861. The molecule has 2 N–H and O–H groups in total. The highest BCUT2D eigenvalue weighted by Gasteiger charge is 2.42. The molecule has 0 saturated heterocycles. The number of rotatable bonds is 8. The largest absolute Gasteiger partial charge is 0.394 e. The fourth-order valence-corrected chi connectivity index (χ4v) is 2.83. The molecule has 0 bridgehead atoms. The van der Waals surface area contributed by atoms with Gasteiger partial charge in [-0.15, -0.1) is 0 Å². The fourth-order valence-electron chi connectivity index (χ4n) is 2.83. The normalized spacial score (nSPS) is 33.8. The Morgan fingerprint density at radius 2 is 2.17 bits per heavy atom. The zero-order valence-electron chi connectivity index (χ0n) is 11.7. The van der Waals surface area contributed by atoms with Crippen LogP contribution < -0.4 is 5.32 Å². The molecule has 0 heterocycles. The molecule has 0 spiro atoms. The molecule has 0 aliphatic heterocycles. The van der Waals surface area contributed by atoms with Gasteiger partial charge in [0.25, 0.3) is 0 Å². The topological polar surface area (TPSA) is 50.7 Å². The first-order valence-corrected chi connectivity index (χ1v) is 7.29. The average Bonchev–Trinajstić information content (AvgIpc) is 3.08. The van der Waals surface area contributed by atoms with Crippen molar-refractivity contribution in [3.05, 3.63) is 0 Å². The predicted molar refractivity (Wildman–Crippen MR) is 70.7 cm³/mol. The van der Waals surface area contributed by atoms with Crippen LogP contribution in [0.15, 0.2) is 0 Å². The van der Waals surface area contributed by atoms with Crippen LogP contribution in [0.4, 0.5) is 0 Å². The van der Waals surface area contributed by atoms with Crippen molar-refractivity contribution in [1.82, 2.24) is 5.32 Å². The summed E-state index contributed by atoms with van der Waals surface area (Å²) in [6, 6.07) is 0.636. The zero-order valence-corrected chi connectivity index (χ0v) is 11.7. The lowest BCUT2D eigenvalue weighted by Gasteiger charge is -2.29. The van der Waals surface area contributed by atoms with E-state index in [0.717, 1.165) is 25.9 Å². The third kappa shape index (κ3) is 3.92. The van der Waals surface area contributed by atoms with Gasteiger partial charge in [-0.1, -0.05) is 0 Å². The molecule has 3 atom stereocenters. The van der Waals surface area contributed by atoms with Gasteiger partial charge in [0.2, 0.25) is 0 Å². The van der Waals surface area contributed by atoms with Gasteiger partial charge in [-0.3, -0.25) is 0 Å². The summed E-state index contributed by atoms with van der Waals surface area (Å²) in [6.07, 6.45) is 5.91. The van der Waals surface area contributed by atoms with Gasteiger partial charge in [-0.05, 0) is 46.0 Å². The molecular formula is C14H27NO3.